The van der Waals surface area contributed by atoms with E-state index in [2.05, 4.69) is 37.0 Å². The van der Waals surface area contributed by atoms with E-state index >= 15 is 0 Å². The third-order valence-electron chi connectivity index (χ3n) is 6.80. The van der Waals surface area contributed by atoms with E-state index in [0.717, 1.165) is 37.9 Å². The molecule has 2 saturated heterocycles. The summed E-state index contributed by atoms with van der Waals surface area (Å²) in [5, 5.41) is 0. The summed E-state index contributed by atoms with van der Waals surface area (Å²) in [6.45, 7) is 6.04. The molecule has 0 N–H and O–H groups in total. The van der Waals surface area contributed by atoms with Gasteiger partial charge in [-0.15, -0.1) is 0 Å². The molecule has 1 aromatic heterocycles. The summed E-state index contributed by atoms with van der Waals surface area (Å²) in [6.07, 6.45) is 6.46. The van der Waals surface area contributed by atoms with Crippen molar-refractivity contribution in [1.82, 2.24) is 14.2 Å². The highest BCUT2D eigenvalue weighted by Crippen LogP contribution is 2.34. The van der Waals surface area contributed by atoms with Crippen molar-refractivity contribution in [2.75, 3.05) is 25.9 Å². The molecule has 2 aliphatic rings. The molecule has 1 unspecified atom stereocenters. The lowest BCUT2D eigenvalue weighted by atomic mass is 9.94. The summed E-state index contributed by atoms with van der Waals surface area (Å²) in [7, 11) is -3.13. The third-order valence-corrected chi connectivity index (χ3v) is 8.11. The third kappa shape index (κ3) is 4.67. The number of pyridine rings is 1. The zero-order chi connectivity index (χ0) is 22.2. The Kier molecular flexibility index (Phi) is 6.17. The van der Waals surface area contributed by atoms with Crippen molar-refractivity contribution in [3.8, 4) is 0 Å². The predicted octanol–water partition coefficient (Wildman–Crippen LogP) is 3.81. The Morgan fingerprint density at radius 3 is 2.35 bits per heavy atom. The first-order valence-electron chi connectivity index (χ1n) is 11.0. The molecule has 7 heteroatoms. The second kappa shape index (κ2) is 8.71. The Hall–Kier alpha value is -2.25. The smallest absolute Gasteiger partial charge is 0.255 e. The average molecular weight is 442 g/mol. The fourth-order valence-electron chi connectivity index (χ4n) is 4.75. The number of hydrogen-bond donors (Lipinski definition) is 0. The van der Waals surface area contributed by atoms with Gasteiger partial charge in [0.25, 0.3) is 5.91 Å². The summed E-state index contributed by atoms with van der Waals surface area (Å²) < 4.78 is 24.9. The molecular formula is C24H31N3O3S. The molecule has 2 aliphatic heterocycles. The molecule has 6 nitrogen and oxygen atoms in total. The first-order valence-corrected chi connectivity index (χ1v) is 12.9. The lowest BCUT2D eigenvalue weighted by Crippen LogP contribution is -2.37. The van der Waals surface area contributed by atoms with Crippen molar-refractivity contribution in [3.05, 3.63) is 64.5 Å². The summed E-state index contributed by atoms with van der Waals surface area (Å²) >= 11 is 0. The van der Waals surface area contributed by atoms with Gasteiger partial charge in [0.05, 0.1) is 17.9 Å². The molecule has 0 saturated carbocycles. The molecule has 1 aromatic carbocycles. The highest BCUT2D eigenvalue weighted by molar-refractivity contribution is 7.88. The molecule has 4 rings (SSSR count). The number of rotatable bonds is 4. The zero-order valence-corrected chi connectivity index (χ0v) is 19.4. The van der Waals surface area contributed by atoms with Crippen molar-refractivity contribution < 1.29 is 13.2 Å². The second-order valence-electron chi connectivity index (χ2n) is 8.91. The SMILES string of the molecule is Cc1ccc(C2CCCN2C(=O)c2ccc(C3CCN(S(C)(=O)=O)CC3)nc2)cc1C. The molecule has 1 amide bonds. The normalized spacial score (nSPS) is 20.9. The van der Waals surface area contributed by atoms with E-state index in [9.17, 15) is 13.2 Å². The highest BCUT2D eigenvalue weighted by atomic mass is 32.2. The first kappa shape index (κ1) is 22.0. The number of likely N-dealkylation sites (tertiary alicyclic amines) is 1. The molecule has 0 bridgehead atoms. The van der Waals surface area contributed by atoms with Crippen molar-refractivity contribution in [2.45, 2.75) is 51.5 Å². The molecule has 3 heterocycles. The summed E-state index contributed by atoms with van der Waals surface area (Å²) in [5.41, 5.74) is 5.28. The maximum atomic E-state index is 13.2. The van der Waals surface area contributed by atoms with Crippen molar-refractivity contribution >= 4 is 15.9 Å². The number of sulfonamides is 1. The van der Waals surface area contributed by atoms with E-state index in [4.69, 9.17) is 0 Å². The lowest BCUT2D eigenvalue weighted by Gasteiger charge is -2.30. The number of carbonyl (C=O) groups excluding carboxylic acids is 1. The van der Waals surface area contributed by atoms with E-state index in [1.54, 1.807) is 6.20 Å². The fourth-order valence-corrected chi connectivity index (χ4v) is 5.62. The van der Waals surface area contributed by atoms with Crippen LogP contribution in [0.15, 0.2) is 36.5 Å². The number of aryl methyl sites for hydroxylation is 2. The van der Waals surface area contributed by atoms with Crippen LogP contribution in [0.3, 0.4) is 0 Å². The van der Waals surface area contributed by atoms with Crippen LogP contribution in [-0.4, -0.2) is 54.4 Å². The van der Waals surface area contributed by atoms with Gasteiger partial charge in [-0.2, -0.15) is 0 Å². The van der Waals surface area contributed by atoms with Crippen LogP contribution in [0.5, 0.6) is 0 Å². The van der Waals surface area contributed by atoms with Crippen LogP contribution in [0, 0.1) is 13.8 Å². The quantitative estimate of drug-likeness (QED) is 0.723. The topological polar surface area (TPSA) is 70.6 Å². The minimum Gasteiger partial charge on any atom is -0.332 e. The van der Waals surface area contributed by atoms with Crippen LogP contribution in [-0.2, 0) is 10.0 Å². The number of amides is 1. The molecule has 1 atom stereocenters. The zero-order valence-electron chi connectivity index (χ0n) is 18.5. The Bertz CT molecular complexity index is 1060. The molecular weight excluding hydrogens is 410 g/mol. The van der Waals surface area contributed by atoms with E-state index < -0.39 is 10.0 Å². The van der Waals surface area contributed by atoms with E-state index in [1.165, 1.54) is 27.3 Å². The largest absolute Gasteiger partial charge is 0.332 e. The number of piperidine rings is 1. The molecule has 31 heavy (non-hydrogen) atoms. The Labute approximate surface area is 185 Å². The van der Waals surface area contributed by atoms with Crippen LogP contribution >= 0.6 is 0 Å². The Morgan fingerprint density at radius 2 is 1.74 bits per heavy atom. The summed E-state index contributed by atoms with van der Waals surface area (Å²) in [4.78, 5) is 19.8. The molecule has 0 spiro atoms. The summed E-state index contributed by atoms with van der Waals surface area (Å²) in [6, 6.07) is 10.4. The Morgan fingerprint density at radius 1 is 1.00 bits per heavy atom. The maximum Gasteiger partial charge on any atom is 0.255 e. The molecule has 0 radical (unpaired) electrons. The van der Waals surface area contributed by atoms with Gasteiger partial charge in [-0.3, -0.25) is 9.78 Å². The van der Waals surface area contributed by atoms with Gasteiger partial charge in [-0.25, -0.2) is 12.7 Å². The lowest BCUT2D eigenvalue weighted by molar-refractivity contribution is 0.0735. The van der Waals surface area contributed by atoms with Gasteiger partial charge >= 0.3 is 0 Å². The van der Waals surface area contributed by atoms with Crippen LogP contribution in [0.4, 0.5) is 0 Å². The number of nitrogens with zero attached hydrogens (tertiary/aromatic N) is 3. The van der Waals surface area contributed by atoms with Gasteiger partial charge in [0.1, 0.15) is 0 Å². The average Bonchev–Trinajstić information content (AvgIpc) is 3.25. The van der Waals surface area contributed by atoms with Crippen molar-refractivity contribution in [3.63, 3.8) is 0 Å². The van der Waals surface area contributed by atoms with E-state index in [0.29, 0.717) is 18.7 Å². The van der Waals surface area contributed by atoms with Crippen LogP contribution < -0.4 is 0 Å². The number of carbonyl (C=O) groups is 1. The second-order valence-corrected chi connectivity index (χ2v) is 10.9. The minimum absolute atomic E-state index is 0.0340. The molecule has 2 aromatic rings. The van der Waals surface area contributed by atoms with Gasteiger partial charge < -0.3 is 4.90 Å². The fraction of sp³-hybridized carbons (Fsp3) is 0.500. The van der Waals surface area contributed by atoms with Gasteiger partial charge in [0.2, 0.25) is 10.0 Å². The van der Waals surface area contributed by atoms with Gasteiger partial charge in [0, 0.05) is 37.4 Å². The van der Waals surface area contributed by atoms with Crippen LogP contribution in [0.2, 0.25) is 0 Å². The highest BCUT2D eigenvalue weighted by Gasteiger charge is 2.31. The van der Waals surface area contributed by atoms with Gasteiger partial charge in [-0.05, 0) is 68.4 Å². The maximum absolute atomic E-state index is 13.2. The predicted molar refractivity (Wildman–Crippen MR) is 122 cm³/mol. The monoisotopic (exact) mass is 441 g/mol. The van der Waals surface area contributed by atoms with Gasteiger partial charge in [-0.1, -0.05) is 18.2 Å². The molecule has 166 valence electrons. The standard InChI is InChI=1S/C24H31N3O3S/c1-17-6-7-20(15-18(17)2)23-5-4-12-27(23)24(28)21-8-9-22(25-16-21)19-10-13-26(14-11-19)31(3,29)30/h6-9,15-16,19,23H,4-5,10-14H2,1-3H3. The van der Waals surface area contributed by atoms with Crippen LogP contribution in [0.1, 0.15) is 70.4 Å². The van der Waals surface area contributed by atoms with E-state index in [1.807, 2.05) is 17.0 Å². The Balaban J connectivity index is 1.45. The van der Waals surface area contributed by atoms with Crippen molar-refractivity contribution in [2.24, 2.45) is 0 Å². The molecule has 2 fully saturated rings. The first-order chi connectivity index (χ1) is 14.7. The summed E-state index contributed by atoms with van der Waals surface area (Å²) in [5.74, 6) is 0.267. The van der Waals surface area contributed by atoms with Crippen molar-refractivity contribution in [1.29, 1.82) is 0 Å². The molecule has 0 aliphatic carbocycles. The number of benzene rings is 1. The number of hydrogen-bond acceptors (Lipinski definition) is 4. The van der Waals surface area contributed by atoms with Gasteiger partial charge in [0.15, 0.2) is 0 Å². The number of aromatic nitrogens is 1. The van der Waals surface area contributed by atoms with Crippen LogP contribution in [0.25, 0.3) is 0 Å². The van der Waals surface area contributed by atoms with E-state index in [-0.39, 0.29) is 17.9 Å². The minimum atomic E-state index is -3.13.